The maximum absolute atomic E-state index is 12.7. The largest absolute Gasteiger partial charge is 0.464 e. The van der Waals surface area contributed by atoms with Gasteiger partial charge in [-0.15, -0.1) is 0 Å². The zero-order valence-corrected chi connectivity index (χ0v) is 17.1. The van der Waals surface area contributed by atoms with Crippen LogP contribution in [0.15, 0.2) is 60.7 Å². The minimum Gasteiger partial charge on any atom is -0.464 e. The van der Waals surface area contributed by atoms with Crippen molar-refractivity contribution in [3.05, 3.63) is 77.5 Å². The lowest BCUT2D eigenvalue weighted by atomic mass is 9.96. The molecule has 4 aromatic rings. The molecule has 0 atom stereocenters. The maximum atomic E-state index is 12.7. The smallest absolute Gasteiger partial charge is 0.411 e. The molecule has 1 amide bonds. The lowest BCUT2D eigenvalue weighted by Crippen LogP contribution is -2.10. The summed E-state index contributed by atoms with van der Waals surface area (Å²) in [5, 5.41) is 5.84. The quantitative estimate of drug-likeness (QED) is 0.494. The molecule has 0 aliphatic rings. The van der Waals surface area contributed by atoms with Gasteiger partial charge < -0.3 is 14.0 Å². The first kappa shape index (κ1) is 19.5. The molecule has 0 bridgehead atoms. The molecule has 0 radical (unpaired) electrons. The number of fused-ring (bicyclic) bond motifs is 2. The average Bonchev–Trinajstić information content (AvgIpc) is 3.04. The molecule has 0 saturated heterocycles. The third kappa shape index (κ3) is 3.37. The van der Waals surface area contributed by atoms with Crippen molar-refractivity contribution in [2.45, 2.75) is 6.42 Å². The third-order valence-corrected chi connectivity index (χ3v) is 5.36. The van der Waals surface area contributed by atoms with E-state index in [1.54, 1.807) is 6.07 Å². The Balaban J connectivity index is 1.92. The van der Waals surface area contributed by atoms with Crippen molar-refractivity contribution >= 4 is 39.4 Å². The molecular formula is C24H22N2O4. The fourth-order valence-corrected chi connectivity index (χ4v) is 3.94. The molecule has 152 valence electrons. The van der Waals surface area contributed by atoms with Gasteiger partial charge in [0.2, 0.25) is 0 Å². The van der Waals surface area contributed by atoms with Crippen molar-refractivity contribution in [2.75, 3.05) is 19.5 Å². The number of hydrogen-bond donors (Lipinski definition) is 1. The SMILES string of the molecule is COC(=O)Nc1ccc2c(c1)c(Cc1cccc3ccccc13)c(C(=O)OC)n2C. The molecule has 0 unspecified atom stereocenters. The van der Waals surface area contributed by atoms with Crippen LogP contribution in [0.3, 0.4) is 0 Å². The van der Waals surface area contributed by atoms with E-state index in [-0.39, 0.29) is 0 Å². The minimum absolute atomic E-state index is 0.397. The second kappa shape index (κ2) is 7.91. The van der Waals surface area contributed by atoms with Gasteiger partial charge in [0, 0.05) is 30.1 Å². The Kier molecular flexibility index (Phi) is 5.14. The third-order valence-electron chi connectivity index (χ3n) is 5.36. The Labute approximate surface area is 174 Å². The molecule has 0 spiro atoms. The van der Waals surface area contributed by atoms with E-state index >= 15 is 0 Å². The van der Waals surface area contributed by atoms with Gasteiger partial charge in [-0.1, -0.05) is 42.5 Å². The number of esters is 1. The fourth-order valence-electron chi connectivity index (χ4n) is 3.94. The van der Waals surface area contributed by atoms with Crippen LogP contribution in [-0.2, 0) is 22.9 Å². The molecule has 6 heteroatoms. The Morgan fingerprint density at radius 1 is 0.933 bits per heavy atom. The van der Waals surface area contributed by atoms with E-state index in [1.807, 2.05) is 41.9 Å². The van der Waals surface area contributed by atoms with Crippen molar-refractivity contribution in [1.29, 1.82) is 0 Å². The number of nitrogens with zero attached hydrogens (tertiary/aromatic N) is 1. The molecule has 6 nitrogen and oxygen atoms in total. The molecular weight excluding hydrogens is 380 g/mol. The highest BCUT2D eigenvalue weighted by atomic mass is 16.5. The summed E-state index contributed by atoms with van der Waals surface area (Å²) in [4.78, 5) is 24.3. The van der Waals surface area contributed by atoms with Crippen LogP contribution in [0, 0.1) is 0 Å². The molecule has 0 aliphatic heterocycles. The lowest BCUT2D eigenvalue weighted by molar-refractivity contribution is 0.0589. The van der Waals surface area contributed by atoms with Crippen molar-refractivity contribution in [2.24, 2.45) is 7.05 Å². The van der Waals surface area contributed by atoms with Gasteiger partial charge in [-0.05, 0) is 40.1 Å². The van der Waals surface area contributed by atoms with Gasteiger partial charge in [0.15, 0.2) is 0 Å². The molecule has 0 saturated carbocycles. The lowest BCUT2D eigenvalue weighted by Gasteiger charge is -2.09. The van der Waals surface area contributed by atoms with Crippen LogP contribution in [0.1, 0.15) is 21.6 Å². The van der Waals surface area contributed by atoms with Gasteiger partial charge in [0.25, 0.3) is 0 Å². The van der Waals surface area contributed by atoms with E-state index in [0.29, 0.717) is 17.8 Å². The molecule has 4 rings (SSSR count). The first-order chi connectivity index (χ1) is 14.5. The highest BCUT2D eigenvalue weighted by Crippen LogP contribution is 2.32. The van der Waals surface area contributed by atoms with Crippen LogP contribution in [0.25, 0.3) is 21.7 Å². The van der Waals surface area contributed by atoms with Crippen molar-refractivity contribution in [3.63, 3.8) is 0 Å². The Morgan fingerprint density at radius 3 is 2.47 bits per heavy atom. The Bertz CT molecular complexity index is 1270. The number of anilines is 1. The second-order valence-electron chi connectivity index (χ2n) is 7.04. The number of ether oxygens (including phenoxy) is 2. The van der Waals surface area contributed by atoms with E-state index in [1.165, 1.54) is 14.2 Å². The topological polar surface area (TPSA) is 69.6 Å². The first-order valence-corrected chi connectivity index (χ1v) is 9.54. The van der Waals surface area contributed by atoms with Gasteiger partial charge in [0.05, 0.1) is 14.2 Å². The zero-order valence-electron chi connectivity index (χ0n) is 17.1. The van der Waals surface area contributed by atoms with E-state index < -0.39 is 12.1 Å². The number of benzene rings is 3. The van der Waals surface area contributed by atoms with E-state index in [9.17, 15) is 9.59 Å². The van der Waals surface area contributed by atoms with Crippen molar-refractivity contribution < 1.29 is 19.1 Å². The first-order valence-electron chi connectivity index (χ1n) is 9.54. The average molecular weight is 402 g/mol. The predicted octanol–water partition coefficient (Wildman–Crippen LogP) is 4.89. The number of carbonyl (C=O) groups excluding carboxylic acids is 2. The number of aromatic nitrogens is 1. The Morgan fingerprint density at radius 2 is 1.70 bits per heavy atom. The number of methoxy groups -OCH3 is 2. The minimum atomic E-state index is -0.547. The molecule has 1 heterocycles. The number of aryl methyl sites for hydroxylation is 1. The van der Waals surface area contributed by atoms with Crippen LogP contribution >= 0.6 is 0 Å². The van der Waals surface area contributed by atoms with Gasteiger partial charge in [-0.25, -0.2) is 9.59 Å². The van der Waals surface area contributed by atoms with Crippen molar-refractivity contribution in [1.82, 2.24) is 4.57 Å². The summed E-state index contributed by atoms with van der Waals surface area (Å²) in [6.45, 7) is 0. The number of rotatable bonds is 4. The summed E-state index contributed by atoms with van der Waals surface area (Å²) < 4.78 is 11.6. The van der Waals surface area contributed by atoms with Gasteiger partial charge >= 0.3 is 12.1 Å². The normalized spacial score (nSPS) is 10.9. The monoisotopic (exact) mass is 402 g/mol. The summed E-state index contributed by atoms with van der Waals surface area (Å²) in [5.41, 5.74) is 3.92. The predicted molar refractivity (Wildman–Crippen MR) is 117 cm³/mol. The zero-order chi connectivity index (χ0) is 21.3. The van der Waals surface area contributed by atoms with Crippen LogP contribution in [0.2, 0.25) is 0 Å². The van der Waals surface area contributed by atoms with Crippen LogP contribution in [0.5, 0.6) is 0 Å². The van der Waals surface area contributed by atoms with Gasteiger partial charge in [-0.3, -0.25) is 5.32 Å². The molecule has 1 aromatic heterocycles. The number of carbonyl (C=O) groups is 2. The molecule has 0 aliphatic carbocycles. The standard InChI is InChI=1S/C24H22N2O4/c1-26-21-12-11-17(25-24(28)30-3)14-19(21)20(22(26)23(27)29-2)13-16-9-6-8-15-7-4-5-10-18(15)16/h4-12,14H,13H2,1-3H3,(H,25,28). The van der Waals surface area contributed by atoms with E-state index in [4.69, 9.17) is 9.47 Å². The van der Waals surface area contributed by atoms with E-state index in [0.717, 1.165) is 32.8 Å². The second-order valence-corrected chi connectivity index (χ2v) is 7.04. The number of nitrogens with one attached hydrogen (secondary N) is 1. The summed E-state index contributed by atoms with van der Waals surface area (Å²) in [6.07, 6.45) is -0.000719. The van der Waals surface area contributed by atoms with E-state index in [2.05, 4.69) is 29.6 Å². The molecule has 1 N–H and O–H groups in total. The summed E-state index contributed by atoms with van der Waals surface area (Å²) in [6, 6.07) is 19.8. The van der Waals surface area contributed by atoms with Gasteiger partial charge in [0.1, 0.15) is 5.69 Å². The number of hydrogen-bond acceptors (Lipinski definition) is 4. The number of amides is 1. The van der Waals surface area contributed by atoms with Crippen molar-refractivity contribution in [3.8, 4) is 0 Å². The van der Waals surface area contributed by atoms with Crippen LogP contribution in [-0.4, -0.2) is 30.8 Å². The summed E-state index contributed by atoms with van der Waals surface area (Å²) >= 11 is 0. The van der Waals surface area contributed by atoms with Gasteiger partial charge in [-0.2, -0.15) is 0 Å². The van der Waals surface area contributed by atoms with Crippen LogP contribution in [0.4, 0.5) is 10.5 Å². The van der Waals surface area contributed by atoms with Crippen LogP contribution < -0.4 is 5.32 Å². The molecule has 0 fully saturated rings. The highest BCUT2D eigenvalue weighted by molar-refractivity contribution is 6.01. The highest BCUT2D eigenvalue weighted by Gasteiger charge is 2.23. The summed E-state index contributed by atoms with van der Waals surface area (Å²) in [5.74, 6) is -0.397. The molecule has 3 aromatic carbocycles. The summed E-state index contributed by atoms with van der Waals surface area (Å²) in [7, 11) is 4.54. The maximum Gasteiger partial charge on any atom is 0.411 e. The fraction of sp³-hybridized carbons (Fsp3) is 0.167. The Hall–Kier alpha value is -3.80. The molecule has 30 heavy (non-hydrogen) atoms.